The number of rotatable bonds is 8. The lowest BCUT2D eigenvalue weighted by Crippen LogP contribution is -2.25. The maximum absolute atomic E-state index is 13.2. The van der Waals surface area contributed by atoms with Crippen LogP contribution in [0.4, 0.5) is 22.7 Å². The molecule has 0 atom stereocenters. The van der Waals surface area contributed by atoms with Gasteiger partial charge in [0, 0.05) is 97.8 Å². The molecule has 0 radical (unpaired) electrons. The average Bonchev–Trinajstić information content (AvgIpc) is 1.09. The summed E-state index contributed by atoms with van der Waals surface area (Å²) >= 11 is 24.0. The number of aromatic hydroxyl groups is 7. The van der Waals surface area contributed by atoms with Gasteiger partial charge in [0.2, 0.25) is 5.88 Å². The van der Waals surface area contributed by atoms with Crippen molar-refractivity contribution in [1.29, 1.82) is 5.53 Å². The molecular formula is C66H62Cl4N12O12. The Morgan fingerprint density at radius 2 is 0.851 bits per heavy atom. The molecule has 0 unspecified atom stereocenters. The summed E-state index contributed by atoms with van der Waals surface area (Å²) in [4.78, 5) is 53.0. The Morgan fingerprint density at radius 1 is 0.489 bits per heavy atom. The molecule has 486 valence electrons. The molecule has 3 aliphatic rings. The Bertz CT molecular complexity index is 4640. The Labute approximate surface area is 556 Å². The number of phenolic OH excluding ortho intramolecular Hbond substituents is 6. The van der Waals surface area contributed by atoms with Crippen molar-refractivity contribution in [3.63, 3.8) is 0 Å². The van der Waals surface area contributed by atoms with Crippen LogP contribution in [0.25, 0.3) is 43.6 Å². The van der Waals surface area contributed by atoms with E-state index in [4.69, 9.17) is 51.9 Å². The number of hydrazine groups is 1. The number of anilines is 3. The molecule has 14 N–H and O–H groups in total. The molecule has 12 rings (SSSR count). The first-order valence-electron chi connectivity index (χ1n) is 28.2. The molecule has 0 fully saturated rings. The van der Waals surface area contributed by atoms with Crippen molar-refractivity contribution >= 4 is 149 Å². The highest BCUT2D eigenvalue weighted by atomic mass is 35.5. The fraction of sp³-hybridized carbons (Fsp3) is 0.182. The van der Waals surface area contributed by atoms with Crippen molar-refractivity contribution in [2.75, 3.05) is 35.8 Å². The lowest BCUT2D eigenvalue weighted by Gasteiger charge is -2.23. The van der Waals surface area contributed by atoms with Crippen LogP contribution in [0.1, 0.15) is 94.4 Å². The smallest absolute Gasteiger partial charge is 0.299 e. The molecule has 8 aromatic carbocycles. The summed E-state index contributed by atoms with van der Waals surface area (Å²) < 4.78 is 1.57. The topological polar surface area (TPSA) is 394 Å². The molecule has 94 heavy (non-hydrogen) atoms. The van der Waals surface area contributed by atoms with Crippen LogP contribution in [-0.2, 0) is 21.4 Å². The fourth-order valence-corrected chi connectivity index (χ4v) is 12.4. The summed E-state index contributed by atoms with van der Waals surface area (Å²) in [6.45, 7) is 10.7. The van der Waals surface area contributed by atoms with Crippen LogP contribution in [0.15, 0.2) is 110 Å². The quantitative estimate of drug-likeness (QED) is 0.0169. The summed E-state index contributed by atoms with van der Waals surface area (Å²) in [6, 6.07) is 23.3. The van der Waals surface area contributed by atoms with E-state index in [0.29, 0.717) is 92.3 Å². The second-order valence-electron chi connectivity index (χ2n) is 22.3. The molecule has 0 saturated carbocycles. The van der Waals surface area contributed by atoms with Crippen LogP contribution in [0.3, 0.4) is 0 Å². The third kappa shape index (κ3) is 11.9. The number of nitrogens with two attached hydrogens (primary N) is 2. The number of hydrogen-bond acceptors (Lipinski definition) is 19. The van der Waals surface area contributed by atoms with Crippen LogP contribution >= 0.6 is 46.4 Å². The van der Waals surface area contributed by atoms with Crippen LogP contribution in [0.5, 0.6) is 40.4 Å². The highest BCUT2D eigenvalue weighted by Crippen LogP contribution is 2.55. The summed E-state index contributed by atoms with van der Waals surface area (Å²) in [5.74, 6) is 2.49. The number of benzene rings is 8. The number of amides is 3. The molecule has 28 heteroatoms. The van der Waals surface area contributed by atoms with Gasteiger partial charge >= 0.3 is 0 Å². The van der Waals surface area contributed by atoms with Crippen molar-refractivity contribution in [3.05, 3.63) is 155 Å². The lowest BCUT2D eigenvalue weighted by atomic mass is 9.83. The monoisotopic (exact) mass is 1350 g/mol. The minimum Gasteiger partial charge on any atom is -0.507 e. The lowest BCUT2D eigenvalue weighted by molar-refractivity contribution is -0.114. The number of carbonyl (C=O) groups excluding carboxylic acids is 4. The number of nitrogens with one attached hydrogen (secondary N) is 1. The molecule has 0 aliphatic carbocycles. The molecule has 4 heterocycles. The van der Waals surface area contributed by atoms with Crippen molar-refractivity contribution in [2.24, 2.45) is 44.3 Å². The van der Waals surface area contributed by atoms with Gasteiger partial charge in [-0.2, -0.15) is 15.3 Å². The first-order valence-corrected chi connectivity index (χ1v) is 29.7. The number of ketones is 1. The minimum atomic E-state index is -0.609. The zero-order chi connectivity index (χ0) is 68.3. The molecule has 24 nitrogen and oxygen atoms in total. The SMILES string of the molecule is CN1C(=O)C(=O)c2cc(Cl)ccc21.Cc1cc2c(C(C)C)c(O)c(O)c(/C=N/N=C3\C(=O)N(C)c4ccc(Cl)cc43)c2c(O)c1-c1c(C)cc2c(C(C)C)c(O)c(O)c(/C=N/N=C3/C(=O)N(C)c4ccc(Cl)cc43)c2c1O.Cn1c(O)c(N=N)c2cc(Cl)ccc21.NN.O. The van der Waals surface area contributed by atoms with E-state index in [9.17, 15) is 54.9 Å². The van der Waals surface area contributed by atoms with Gasteiger partial charge < -0.3 is 60.5 Å². The van der Waals surface area contributed by atoms with Crippen LogP contribution in [0.2, 0.25) is 20.1 Å². The van der Waals surface area contributed by atoms with Gasteiger partial charge in [-0.1, -0.05) is 86.2 Å². The molecule has 9 aromatic rings. The number of halogens is 4. The van der Waals surface area contributed by atoms with E-state index in [2.05, 4.69) is 37.2 Å². The Balaban J connectivity index is 0.000000307. The van der Waals surface area contributed by atoms with Gasteiger partial charge in [0.25, 0.3) is 23.5 Å². The Morgan fingerprint density at radius 3 is 1.24 bits per heavy atom. The molecule has 3 aliphatic heterocycles. The van der Waals surface area contributed by atoms with E-state index >= 15 is 0 Å². The number of hydrogen-bond donors (Lipinski definition) is 10. The Hall–Kier alpha value is -10.2. The second-order valence-corrected chi connectivity index (χ2v) is 24.1. The van der Waals surface area contributed by atoms with Crippen molar-refractivity contribution in [1.82, 2.24) is 4.57 Å². The predicted molar refractivity (Wildman–Crippen MR) is 368 cm³/mol. The van der Waals surface area contributed by atoms with E-state index in [-0.39, 0.29) is 73.3 Å². The Kier molecular flexibility index (Phi) is 20.2. The van der Waals surface area contributed by atoms with Crippen molar-refractivity contribution in [3.8, 4) is 51.5 Å². The van der Waals surface area contributed by atoms with Crippen LogP contribution < -0.4 is 26.4 Å². The van der Waals surface area contributed by atoms with Gasteiger partial charge in [0.1, 0.15) is 11.5 Å². The van der Waals surface area contributed by atoms with E-state index in [0.717, 1.165) is 17.9 Å². The van der Waals surface area contributed by atoms with E-state index in [1.807, 2.05) is 27.7 Å². The van der Waals surface area contributed by atoms with Crippen LogP contribution in [0, 0.1) is 19.4 Å². The molecule has 0 bridgehead atoms. The van der Waals surface area contributed by atoms with Crippen molar-refractivity contribution < 1.29 is 60.4 Å². The van der Waals surface area contributed by atoms with Gasteiger partial charge in [0.15, 0.2) is 40.1 Å². The predicted octanol–water partition coefficient (Wildman–Crippen LogP) is 12.4. The maximum atomic E-state index is 13.2. The first kappa shape index (κ1) is 69.7. The van der Waals surface area contributed by atoms with E-state index < -0.39 is 58.0 Å². The number of aromatic nitrogens is 1. The minimum absolute atomic E-state index is 0. The number of likely N-dealkylation sites (N-methyl/N-ethyl adjacent to an activating group) is 3. The summed E-state index contributed by atoms with van der Waals surface area (Å²) in [5.41, 5.74) is 12.6. The standard InChI is InChI=1S/C48H42Cl2N6O8.C9H8ClN3O.C9H6ClNO2.H4N2.H2O/c1-19(2)33-27-13-21(5)35(43(59)37(27)29(41(57)45(33)61)17-51-53-39-25-15-23(49)9-11-31(25)55(7)47(39)63)36-22(6)14-28-34(20(3)4)46(62)42(58)30(38(28)44(36)60)18-52-54-40-26-16-24(50)10-12-32(26)56(8)48(40)64;1-13-7-3-2-5(10)4-6(7)8(12-11)9(13)14;1-11-7-3-2-5(10)4-6(7)8(12)9(11)13;1-2;/h9-20,57-62H,1-8H3;2-4,11,14H,1H3;2-4H,1H3;1-2H2;1H2/b51-17+,52-18+,53-39-,54-40+;;;;. The third-order valence-corrected chi connectivity index (χ3v) is 17.1. The number of aryl methyl sites for hydroxylation is 3. The number of carbonyl (C=O) groups is 4. The molecule has 0 saturated heterocycles. The average molecular weight is 1360 g/mol. The van der Waals surface area contributed by atoms with Gasteiger partial charge in [0.05, 0.1) is 51.7 Å². The van der Waals surface area contributed by atoms with E-state index in [1.54, 1.807) is 125 Å². The molecule has 3 amide bonds. The largest absolute Gasteiger partial charge is 0.507 e. The first-order chi connectivity index (χ1) is 44.0. The second kappa shape index (κ2) is 27.2. The van der Waals surface area contributed by atoms with Gasteiger partial charge in [-0.15, -0.1) is 10.2 Å². The number of Topliss-reactive ketones (excluding diaryl/α,β-unsaturated/α-hetero) is 1. The zero-order valence-corrected chi connectivity index (χ0v) is 54.9. The normalized spacial score (nSPS) is 14.2. The summed E-state index contributed by atoms with van der Waals surface area (Å²) in [6.07, 6.45) is 2.25. The van der Waals surface area contributed by atoms with Gasteiger partial charge in [-0.3, -0.25) is 30.9 Å². The third-order valence-electron chi connectivity index (χ3n) is 16.1. The van der Waals surface area contributed by atoms with E-state index in [1.165, 1.54) is 20.8 Å². The molecule has 0 spiro atoms. The van der Waals surface area contributed by atoms with Gasteiger partial charge in [-0.05, 0) is 120 Å². The number of nitrogens with zero attached hydrogens (tertiary/aromatic N) is 9. The molecular weight excluding hydrogens is 1290 g/mol. The molecule has 1 aromatic heterocycles. The number of phenols is 6. The zero-order valence-electron chi connectivity index (χ0n) is 51.8. The van der Waals surface area contributed by atoms with Crippen LogP contribution in [-0.4, -0.2) is 114 Å². The van der Waals surface area contributed by atoms with Gasteiger partial charge in [-0.25, -0.2) is 5.53 Å². The summed E-state index contributed by atoms with van der Waals surface area (Å²) in [7, 11) is 6.45. The summed E-state index contributed by atoms with van der Waals surface area (Å²) in [5, 5.41) is 104. The maximum Gasteiger partial charge on any atom is 0.299 e. The number of fused-ring (bicyclic) bond motifs is 6. The van der Waals surface area contributed by atoms with Crippen molar-refractivity contribution in [2.45, 2.75) is 53.4 Å². The highest BCUT2D eigenvalue weighted by molar-refractivity contribution is 6.55. The highest BCUT2D eigenvalue weighted by Gasteiger charge is 2.36. The fourth-order valence-electron chi connectivity index (χ4n) is 11.7.